The first-order valence-corrected chi connectivity index (χ1v) is 11.0. The first-order valence-electron chi connectivity index (χ1n) is 12.6. The van der Waals surface area contributed by atoms with Gasteiger partial charge in [0.15, 0.2) is 11.5 Å². The van der Waals surface area contributed by atoms with Crippen molar-refractivity contribution in [2.75, 3.05) is 50.1 Å². The number of imidazole rings is 1. The fraction of sp³-hybridized carbons (Fsp3) is 0.500. The van der Waals surface area contributed by atoms with Crippen LogP contribution in [0.1, 0.15) is 41.3 Å². The molecule has 1 amide bonds. The molecule has 0 unspecified atom stereocenters. The van der Waals surface area contributed by atoms with Gasteiger partial charge in [0.25, 0.3) is 5.91 Å². The Hall–Kier alpha value is -2.78. The lowest BCUT2D eigenvalue weighted by molar-refractivity contribution is 0.0835. The molecule has 9 nitrogen and oxygen atoms in total. The van der Waals surface area contributed by atoms with Crippen molar-refractivity contribution in [1.82, 2.24) is 14.5 Å². The molecule has 32 heavy (non-hydrogen) atoms. The van der Waals surface area contributed by atoms with Crippen LogP contribution in [0.5, 0.6) is 5.75 Å². The third kappa shape index (κ3) is 3.59. The van der Waals surface area contributed by atoms with E-state index in [-0.39, 0.29) is 36.6 Å². The van der Waals surface area contributed by atoms with Crippen molar-refractivity contribution >= 4 is 35.2 Å². The normalized spacial score (nSPS) is 23.5. The fourth-order valence-corrected chi connectivity index (χ4v) is 4.42. The van der Waals surface area contributed by atoms with E-state index in [9.17, 15) is 4.79 Å². The van der Waals surface area contributed by atoms with E-state index in [0.717, 1.165) is 23.3 Å². The van der Waals surface area contributed by atoms with Gasteiger partial charge in [-0.05, 0) is 37.5 Å². The highest BCUT2D eigenvalue weighted by molar-refractivity contribution is 6.32. The van der Waals surface area contributed by atoms with Crippen LogP contribution >= 0.6 is 11.6 Å². The first-order chi connectivity index (χ1) is 17.1. The van der Waals surface area contributed by atoms with Gasteiger partial charge in [-0.1, -0.05) is 17.7 Å². The molecule has 2 aromatic rings. The Kier molecular flexibility index (Phi) is 4.53. The van der Waals surface area contributed by atoms with Gasteiger partial charge >= 0.3 is 0 Å². The number of hydrogen-bond donors (Lipinski definition) is 1. The van der Waals surface area contributed by atoms with Gasteiger partial charge in [-0.2, -0.15) is 4.98 Å². The number of nitrogens with one attached hydrogen (secondary N) is 1. The Bertz CT molecular complexity index is 1230. The first kappa shape index (κ1) is 16.8. The van der Waals surface area contributed by atoms with E-state index in [0.29, 0.717) is 29.9 Å². The largest absolute Gasteiger partial charge is 0.495 e. The molecule has 170 valence electrons. The fourth-order valence-electron chi connectivity index (χ4n) is 4.14. The van der Waals surface area contributed by atoms with Crippen LogP contribution in [0.2, 0.25) is 5.02 Å². The summed E-state index contributed by atoms with van der Waals surface area (Å²) in [5.41, 5.74) is 0.935. The minimum atomic E-state index is -2.57. The molecular formula is C22H27ClN6O3. The van der Waals surface area contributed by atoms with Gasteiger partial charge in [0, 0.05) is 32.3 Å². The van der Waals surface area contributed by atoms with Crippen molar-refractivity contribution in [2.24, 2.45) is 4.99 Å². The molecule has 3 aliphatic heterocycles. The van der Waals surface area contributed by atoms with Gasteiger partial charge in [-0.3, -0.25) is 24.2 Å². The number of carbonyl (C=O) groups is 1. The molecule has 0 aliphatic carbocycles. The van der Waals surface area contributed by atoms with E-state index >= 15 is 0 Å². The van der Waals surface area contributed by atoms with Crippen molar-refractivity contribution in [3.05, 3.63) is 34.5 Å². The summed E-state index contributed by atoms with van der Waals surface area (Å²) in [4.78, 5) is 24.7. The summed E-state index contributed by atoms with van der Waals surface area (Å²) in [7, 11) is 1.53. The second-order valence-electron chi connectivity index (χ2n) is 7.71. The van der Waals surface area contributed by atoms with Crippen LogP contribution in [-0.2, 0) is 11.3 Å². The Morgan fingerprint density at radius 3 is 2.91 bits per heavy atom. The van der Waals surface area contributed by atoms with Crippen molar-refractivity contribution in [3.63, 3.8) is 0 Å². The standard InChI is InChI=1S/C22H27ClN6O3/c1-3-27-20(30)18-19(28-9-8-24-22(27)28)26-21(25-15-6-10-32-11-7-15)29(18)13-14-4-5-17(31-2)16(23)12-14/h4-5,12,15H,3,6-11,13H2,1-2H3,(H,25,26)/i8D2,9D2. The summed E-state index contributed by atoms with van der Waals surface area (Å²) in [5.74, 6) is 0.426. The van der Waals surface area contributed by atoms with Crippen LogP contribution in [-0.4, -0.2) is 72.2 Å². The molecule has 1 aromatic heterocycles. The molecule has 10 heteroatoms. The monoisotopic (exact) mass is 462 g/mol. The third-order valence-corrected chi connectivity index (χ3v) is 6.09. The highest BCUT2D eigenvalue weighted by Gasteiger charge is 2.41. The highest BCUT2D eigenvalue weighted by atomic mass is 35.5. The zero-order valence-electron chi connectivity index (χ0n) is 21.9. The lowest BCUT2D eigenvalue weighted by Gasteiger charge is -2.32. The van der Waals surface area contributed by atoms with Crippen molar-refractivity contribution < 1.29 is 19.8 Å². The summed E-state index contributed by atoms with van der Waals surface area (Å²) in [6, 6.07) is 5.37. The van der Waals surface area contributed by atoms with Crippen molar-refractivity contribution in [3.8, 4) is 5.75 Å². The maximum Gasteiger partial charge on any atom is 0.281 e. The summed E-state index contributed by atoms with van der Waals surface area (Å²) >= 11 is 6.35. The summed E-state index contributed by atoms with van der Waals surface area (Å²) in [5, 5.41) is 3.83. The van der Waals surface area contributed by atoms with Gasteiger partial charge < -0.3 is 14.8 Å². The van der Waals surface area contributed by atoms with Gasteiger partial charge in [-0.15, -0.1) is 0 Å². The van der Waals surface area contributed by atoms with Crippen LogP contribution in [0.15, 0.2) is 23.2 Å². The van der Waals surface area contributed by atoms with Crippen LogP contribution in [0.3, 0.4) is 0 Å². The molecule has 1 fully saturated rings. The molecule has 0 bridgehead atoms. The number of rotatable bonds is 6. The summed E-state index contributed by atoms with van der Waals surface area (Å²) < 4.78 is 45.9. The zero-order chi connectivity index (χ0) is 25.8. The van der Waals surface area contributed by atoms with Gasteiger partial charge in [0.05, 0.1) is 30.7 Å². The maximum absolute atomic E-state index is 13.7. The molecule has 1 N–H and O–H groups in total. The number of aromatic nitrogens is 2. The average Bonchev–Trinajstić information content (AvgIpc) is 3.25. The van der Waals surface area contributed by atoms with Crippen LogP contribution in [0.4, 0.5) is 11.8 Å². The Morgan fingerprint density at radius 1 is 1.38 bits per heavy atom. The smallest absolute Gasteiger partial charge is 0.281 e. The number of amides is 1. The van der Waals surface area contributed by atoms with E-state index in [1.807, 2.05) is 6.07 Å². The molecule has 5 rings (SSSR count). The molecule has 0 saturated carbocycles. The molecule has 0 atom stereocenters. The summed E-state index contributed by atoms with van der Waals surface area (Å²) in [6.07, 6.45) is 1.50. The van der Waals surface area contributed by atoms with Crippen LogP contribution in [0, 0.1) is 0 Å². The second-order valence-corrected chi connectivity index (χ2v) is 8.12. The quantitative estimate of drug-likeness (QED) is 0.710. The molecule has 1 aromatic carbocycles. The number of guanidine groups is 1. The number of hydrogen-bond acceptors (Lipinski definition) is 7. The lowest BCUT2D eigenvalue weighted by atomic mass is 10.1. The number of carbonyl (C=O) groups excluding carboxylic acids is 1. The number of ether oxygens (including phenoxy) is 2. The zero-order valence-corrected chi connectivity index (χ0v) is 18.6. The minimum absolute atomic E-state index is 0.0315. The molecule has 0 spiro atoms. The minimum Gasteiger partial charge on any atom is -0.495 e. The predicted molar refractivity (Wildman–Crippen MR) is 123 cm³/mol. The Morgan fingerprint density at radius 2 is 2.19 bits per heavy atom. The van der Waals surface area contributed by atoms with Gasteiger partial charge in [-0.25, -0.2) is 0 Å². The van der Waals surface area contributed by atoms with E-state index in [4.69, 9.17) is 26.6 Å². The van der Waals surface area contributed by atoms with E-state index in [2.05, 4.69) is 15.3 Å². The van der Waals surface area contributed by atoms with E-state index < -0.39 is 18.9 Å². The van der Waals surface area contributed by atoms with E-state index in [1.165, 1.54) is 12.0 Å². The number of aliphatic imine (C=N–C) groups is 1. The molecule has 1 saturated heterocycles. The van der Waals surface area contributed by atoms with Crippen LogP contribution < -0.4 is 15.0 Å². The molecular weight excluding hydrogens is 432 g/mol. The van der Waals surface area contributed by atoms with Crippen LogP contribution in [0.25, 0.3) is 0 Å². The number of halogens is 1. The topological polar surface area (TPSA) is 84.2 Å². The van der Waals surface area contributed by atoms with Crippen molar-refractivity contribution in [2.45, 2.75) is 32.4 Å². The second kappa shape index (κ2) is 8.63. The number of methoxy groups -OCH3 is 1. The van der Waals surface area contributed by atoms with Crippen molar-refractivity contribution in [1.29, 1.82) is 0 Å². The lowest BCUT2D eigenvalue weighted by Crippen LogP contribution is -2.50. The summed E-state index contributed by atoms with van der Waals surface area (Å²) in [6.45, 7) is -1.79. The number of benzene rings is 1. The third-order valence-electron chi connectivity index (χ3n) is 5.80. The maximum atomic E-state index is 13.7. The average molecular weight is 463 g/mol. The molecule has 0 radical (unpaired) electrons. The van der Waals surface area contributed by atoms with Gasteiger partial charge in [0.2, 0.25) is 11.9 Å². The number of fused-ring (bicyclic) bond motifs is 3. The SMILES string of the molecule is [2H]C1([2H])N=C2N(CC)C(=O)c3c(nc(NC4CCOCC4)n3Cc3ccc(OC)c(Cl)c3)N2C1([2H])[2H]. The predicted octanol–water partition coefficient (Wildman–Crippen LogP) is 2.84. The van der Waals surface area contributed by atoms with Gasteiger partial charge in [0.1, 0.15) is 5.75 Å². The Balaban J connectivity index is 1.65. The number of anilines is 2. The van der Waals surface area contributed by atoms with E-state index in [1.54, 1.807) is 23.6 Å². The molecule has 4 heterocycles. The number of nitrogens with zero attached hydrogens (tertiary/aromatic N) is 5. The Labute approximate surface area is 197 Å². The molecule has 3 aliphatic rings. The highest BCUT2D eigenvalue weighted by Crippen LogP contribution is 2.34.